The Morgan fingerprint density at radius 2 is 2.05 bits per heavy atom. The van der Waals surface area contributed by atoms with E-state index in [9.17, 15) is 4.79 Å². The Hall–Kier alpha value is -0.690. The van der Waals surface area contributed by atoms with Crippen LogP contribution in [-0.2, 0) is 9.53 Å². The molecule has 2 aliphatic heterocycles. The lowest BCUT2D eigenvalue weighted by molar-refractivity contribution is -0.132. The Bertz CT molecular complexity index is 305. The number of nitrogens with zero attached hydrogens (tertiary/aromatic N) is 2. The number of likely N-dealkylation sites (tertiary alicyclic amines) is 1. The van der Waals surface area contributed by atoms with Gasteiger partial charge in [-0.25, -0.2) is 5.84 Å². The number of nitrogens with two attached hydrogens (primary N) is 1. The highest BCUT2D eigenvalue weighted by atomic mass is 16.5. The summed E-state index contributed by atoms with van der Waals surface area (Å²) in [4.78, 5) is 16.2. The smallest absolute Gasteiger partial charge is 0.263 e. The zero-order chi connectivity index (χ0) is 13.8. The van der Waals surface area contributed by atoms with Crippen LogP contribution < -0.4 is 11.3 Å². The normalized spacial score (nSPS) is 29.9. The van der Waals surface area contributed by atoms with Crippen molar-refractivity contribution < 1.29 is 9.53 Å². The number of rotatable bonds is 4. The maximum Gasteiger partial charge on any atom is 0.263 e. The molecule has 2 unspecified atom stereocenters. The summed E-state index contributed by atoms with van der Waals surface area (Å²) < 4.78 is 5.75. The largest absolute Gasteiger partial charge is 0.364 e. The molecule has 3 N–H and O–H groups in total. The zero-order valence-corrected chi connectivity index (χ0v) is 12.0. The van der Waals surface area contributed by atoms with Gasteiger partial charge < -0.3 is 14.5 Å². The molecule has 0 saturated carbocycles. The van der Waals surface area contributed by atoms with Crippen LogP contribution in [0, 0.1) is 0 Å². The molecule has 0 aromatic heterocycles. The van der Waals surface area contributed by atoms with Crippen LogP contribution in [0.5, 0.6) is 0 Å². The summed E-state index contributed by atoms with van der Waals surface area (Å²) in [6.45, 7) is 3.24. The highest BCUT2D eigenvalue weighted by Gasteiger charge is 2.32. The van der Waals surface area contributed by atoms with Crippen molar-refractivity contribution in [3.63, 3.8) is 0 Å². The fourth-order valence-electron chi connectivity index (χ4n) is 3.03. The van der Waals surface area contributed by atoms with Crippen LogP contribution in [0.2, 0.25) is 0 Å². The van der Waals surface area contributed by atoms with Gasteiger partial charge in [-0.3, -0.25) is 10.2 Å². The molecular formula is C13H26N4O2. The van der Waals surface area contributed by atoms with E-state index < -0.39 is 0 Å². The first-order chi connectivity index (χ1) is 9.10. The van der Waals surface area contributed by atoms with Crippen molar-refractivity contribution in [1.82, 2.24) is 15.2 Å². The van der Waals surface area contributed by atoms with Gasteiger partial charge in [0.1, 0.15) is 6.10 Å². The molecule has 2 rings (SSSR count). The van der Waals surface area contributed by atoms with Gasteiger partial charge in [-0.05, 0) is 52.9 Å². The molecule has 0 radical (unpaired) electrons. The molecule has 1 amide bonds. The first kappa shape index (κ1) is 14.7. The number of nitrogens with one attached hydrogen (secondary N) is 1. The molecule has 6 nitrogen and oxygen atoms in total. The number of piperidine rings is 1. The van der Waals surface area contributed by atoms with Gasteiger partial charge in [0.25, 0.3) is 5.91 Å². The van der Waals surface area contributed by atoms with Crippen molar-refractivity contribution in [3.8, 4) is 0 Å². The van der Waals surface area contributed by atoms with Gasteiger partial charge >= 0.3 is 0 Å². The SMILES string of the molecule is CN1CCC(N(C)CC2CCC(C(=O)NN)O2)CC1. The third-order valence-electron chi connectivity index (χ3n) is 4.35. The van der Waals surface area contributed by atoms with Gasteiger partial charge in [0.05, 0.1) is 6.10 Å². The molecule has 0 aromatic carbocycles. The Labute approximate surface area is 115 Å². The van der Waals surface area contributed by atoms with Crippen molar-refractivity contribution in [2.45, 2.75) is 43.9 Å². The predicted octanol–water partition coefficient (Wildman–Crippen LogP) is -0.450. The number of hydrogen-bond acceptors (Lipinski definition) is 5. The summed E-state index contributed by atoms with van der Waals surface area (Å²) in [5.41, 5.74) is 2.17. The standard InChI is InChI=1S/C13H26N4O2/c1-16-7-5-10(6-8-16)17(2)9-11-3-4-12(19-11)13(18)15-14/h10-12H,3-9,14H2,1-2H3,(H,15,18). The fourth-order valence-corrected chi connectivity index (χ4v) is 3.03. The van der Waals surface area contributed by atoms with Crippen LogP contribution in [0.3, 0.4) is 0 Å². The number of carbonyl (C=O) groups excluding carboxylic acids is 1. The second kappa shape index (κ2) is 6.65. The summed E-state index contributed by atoms with van der Waals surface area (Å²) in [7, 11) is 4.34. The Balaban J connectivity index is 1.74. The Morgan fingerprint density at radius 3 is 2.68 bits per heavy atom. The highest BCUT2D eigenvalue weighted by Crippen LogP contribution is 2.22. The average Bonchev–Trinajstić information content (AvgIpc) is 2.87. The predicted molar refractivity (Wildman–Crippen MR) is 73.4 cm³/mol. The molecule has 0 spiro atoms. The molecule has 2 heterocycles. The lowest BCUT2D eigenvalue weighted by atomic mass is 10.0. The lowest BCUT2D eigenvalue weighted by Crippen LogP contribution is -2.45. The second-order valence-corrected chi connectivity index (χ2v) is 5.81. The molecule has 0 aromatic rings. The number of likely N-dealkylation sites (N-methyl/N-ethyl adjacent to an activating group) is 1. The number of amides is 1. The topological polar surface area (TPSA) is 70.8 Å². The monoisotopic (exact) mass is 270 g/mol. The van der Waals surface area contributed by atoms with Crippen LogP contribution in [0.1, 0.15) is 25.7 Å². The minimum atomic E-state index is -0.360. The van der Waals surface area contributed by atoms with E-state index in [1.165, 1.54) is 25.9 Å². The van der Waals surface area contributed by atoms with Crippen molar-refractivity contribution in [2.75, 3.05) is 33.7 Å². The van der Waals surface area contributed by atoms with E-state index in [4.69, 9.17) is 10.6 Å². The van der Waals surface area contributed by atoms with E-state index in [0.29, 0.717) is 6.04 Å². The summed E-state index contributed by atoms with van der Waals surface area (Å²) >= 11 is 0. The second-order valence-electron chi connectivity index (χ2n) is 5.81. The van der Waals surface area contributed by atoms with Gasteiger partial charge in [-0.1, -0.05) is 0 Å². The number of ether oxygens (including phenoxy) is 1. The maximum atomic E-state index is 11.4. The minimum absolute atomic E-state index is 0.159. The summed E-state index contributed by atoms with van der Waals surface area (Å²) in [5, 5.41) is 0. The third kappa shape index (κ3) is 3.89. The van der Waals surface area contributed by atoms with Gasteiger partial charge in [0.2, 0.25) is 0 Å². The van der Waals surface area contributed by atoms with E-state index in [1.54, 1.807) is 0 Å². The number of hydrazine groups is 1. The van der Waals surface area contributed by atoms with E-state index >= 15 is 0 Å². The molecule has 19 heavy (non-hydrogen) atoms. The van der Waals surface area contributed by atoms with E-state index in [1.807, 2.05) is 0 Å². The lowest BCUT2D eigenvalue weighted by Gasteiger charge is -2.36. The molecule has 0 bridgehead atoms. The molecule has 6 heteroatoms. The summed E-state index contributed by atoms with van der Waals surface area (Å²) in [5.74, 6) is 4.93. The summed E-state index contributed by atoms with van der Waals surface area (Å²) in [6.07, 6.45) is 3.94. The van der Waals surface area contributed by atoms with Gasteiger partial charge in [-0.15, -0.1) is 0 Å². The number of carbonyl (C=O) groups is 1. The van der Waals surface area contributed by atoms with Gasteiger partial charge in [0.15, 0.2) is 0 Å². The molecule has 0 aliphatic carbocycles. The summed E-state index contributed by atoms with van der Waals surface area (Å²) in [6, 6.07) is 0.641. The van der Waals surface area contributed by atoms with E-state index in [0.717, 1.165) is 19.4 Å². The molecule has 2 saturated heterocycles. The Morgan fingerprint density at radius 1 is 1.37 bits per heavy atom. The van der Waals surface area contributed by atoms with Crippen LogP contribution >= 0.6 is 0 Å². The average molecular weight is 270 g/mol. The van der Waals surface area contributed by atoms with E-state index in [2.05, 4.69) is 29.3 Å². The third-order valence-corrected chi connectivity index (χ3v) is 4.35. The van der Waals surface area contributed by atoms with Crippen molar-refractivity contribution in [1.29, 1.82) is 0 Å². The highest BCUT2D eigenvalue weighted by molar-refractivity contribution is 5.80. The molecular weight excluding hydrogens is 244 g/mol. The van der Waals surface area contributed by atoms with Crippen molar-refractivity contribution in [2.24, 2.45) is 5.84 Å². The molecule has 110 valence electrons. The molecule has 2 fully saturated rings. The first-order valence-corrected chi connectivity index (χ1v) is 7.15. The van der Waals surface area contributed by atoms with Gasteiger partial charge in [0, 0.05) is 12.6 Å². The molecule has 2 aliphatic rings. The quantitative estimate of drug-likeness (QED) is 0.411. The fraction of sp³-hybridized carbons (Fsp3) is 0.923. The maximum absolute atomic E-state index is 11.4. The van der Waals surface area contributed by atoms with Crippen molar-refractivity contribution >= 4 is 5.91 Å². The van der Waals surface area contributed by atoms with E-state index in [-0.39, 0.29) is 18.1 Å². The number of hydrogen-bond donors (Lipinski definition) is 2. The van der Waals surface area contributed by atoms with Crippen LogP contribution in [-0.4, -0.2) is 67.7 Å². The van der Waals surface area contributed by atoms with Crippen LogP contribution in [0.4, 0.5) is 0 Å². The zero-order valence-electron chi connectivity index (χ0n) is 12.0. The van der Waals surface area contributed by atoms with Crippen molar-refractivity contribution in [3.05, 3.63) is 0 Å². The van der Waals surface area contributed by atoms with Gasteiger partial charge in [-0.2, -0.15) is 0 Å². The minimum Gasteiger partial charge on any atom is -0.364 e. The molecule has 2 atom stereocenters. The first-order valence-electron chi connectivity index (χ1n) is 7.15. The Kier molecular flexibility index (Phi) is 5.15. The van der Waals surface area contributed by atoms with Crippen LogP contribution in [0.25, 0.3) is 0 Å². The van der Waals surface area contributed by atoms with Crippen LogP contribution in [0.15, 0.2) is 0 Å².